The standard InChI is InChI=1S/C62H61N3O/c1-59(2,3)42-34-47-48-35-43(60(4,5)6)37-50(62(10,11)12)56(48)65(55(47)49(36-42)61(7,8)9)54-45(38-24-16-13-17-25-38)32-41(33-46(54)39-26-18-14-19-27-39)52-57-53(44-30-22-23-31-51(44)66-57)64-58(63-52)40-28-20-15-21-29-40/h13-37H,1-12H3. The molecule has 3 aromatic heterocycles. The molecule has 0 aliphatic heterocycles. The summed E-state index contributed by atoms with van der Waals surface area (Å²) in [6.07, 6.45) is 0. The molecule has 3 heterocycles. The lowest BCUT2D eigenvalue weighted by atomic mass is 9.78. The molecular formula is C62H61N3O. The summed E-state index contributed by atoms with van der Waals surface area (Å²) >= 11 is 0. The van der Waals surface area contributed by atoms with E-state index in [1.165, 1.54) is 44.1 Å². The zero-order valence-corrected chi connectivity index (χ0v) is 40.7. The molecule has 0 amide bonds. The van der Waals surface area contributed by atoms with E-state index in [0.29, 0.717) is 11.4 Å². The summed E-state index contributed by atoms with van der Waals surface area (Å²) in [5.74, 6) is 0.660. The molecule has 7 aromatic carbocycles. The van der Waals surface area contributed by atoms with Crippen molar-refractivity contribution in [2.75, 3.05) is 0 Å². The van der Waals surface area contributed by atoms with Gasteiger partial charge in [-0.2, -0.15) is 0 Å². The van der Waals surface area contributed by atoms with Gasteiger partial charge in [0.25, 0.3) is 0 Å². The summed E-state index contributed by atoms with van der Waals surface area (Å²) in [6, 6.07) is 55.1. The van der Waals surface area contributed by atoms with E-state index in [1.807, 2.05) is 30.3 Å². The third-order valence-electron chi connectivity index (χ3n) is 13.3. The summed E-state index contributed by atoms with van der Waals surface area (Å²) in [6.45, 7) is 28.3. The van der Waals surface area contributed by atoms with E-state index >= 15 is 0 Å². The molecule has 0 saturated carbocycles. The normalized spacial score (nSPS) is 12.8. The Morgan fingerprint density at radius 1 is 0.409 bits per heavy atom. The maximum absolute atomic E-state index is 6.79. The van der Waals surface area contributed by atoms with Gasteiger partial charge < -0.3 is 8.98 Å². The number of hydrogen-bond acceptors (Lipinski definition) is 3. The van der Waals surface area contributed by atoms with Crippen molar-refractivity contribution in [2.45, 2.75) is 105 Å². The predicted molar refractivity (Wildman–Crippen MR) is 280 cm³/mol. The Morgan fingerprint density at radius 3 is 1.30 bits per heavy atom. The Bertz CT molecular complexity index is 3320. The van der Waals surface area contributed by atoms with Crippen LogP contribution in [0.2, 0.25) is 0 Å². The van der Waals surface area contributed by atoms with Gasteiger partial charge in [0, 0.05) is 38.4 Å². The summed E-state index contributed by atoms with van der Waals surface area (Å²) in [4.78, 5) is 10.7. The van der Waals surface area contributed by atoms with Gasteiger partial charge in [-0.05, 0) is 91.4 Å². The van der Waals surface area contributed by atoms with E-state index in [4.69, 9.17) is 14.4 Å². The summed E-state index contributed by atoms with van der Waals surface area (Å²) < 4.78 is 9.46. The van der Waals surface area contributed by atoms with Crippen LogP contribution >= 0.6 is 0 Å². The van der Waals surface area contributed by atoms with E-state index in [9.17, 15) is 0 Å². The van der Waals surface area contributed by atoms with E-state index in [1.54, 1.807) is 0 Å². The highest BCUT2D eigenvalue weighted by molar-refractivity contribution is 6.14. The quantitative estimate of drug-likeness (QED) is 0.173. The van der Waals surface area contributed by atoms with Crippen molar-refractivity contribution in [3.8, 4) is 50.6 Å². The number of para-hydroxylation sites is 1. The molecule has 0 N–H and O–H groups in total. The first-order valence-electron chi connectivity index (χ1n) is 23.5. The molecule has 4 nitrogen and oxygen atoms in total. The number of benzene rings is 7. The number of aromatic nitrogens is 3. The van der Waals surface area contributed by atoms with Crippen molar-refractivity contribution in [3.05, 3.63) is 174 Å². The molecular weight excluding hydrogens is 803 g/mol. The van der Waals surface area contributed by atoms with Gasteiger partial charge in [-0.3, -0.25) is 0 Å². The van der Waals surface area contributed by atoms with Crippen LogP contribution in [0.5, 0.6) is 0 Å². The molecule has 330 valence electrons. The van der Waals surface area contributed by atoms with Gasteiger partial charge in [0.05, 0.1) is 16.7 Å². The Hall–Kier alpha value is -6.78. The lowest BCUT2D eigenvalue weighted by Gasteiger charge is -2.29. The number of fused-ring (bicyclic) bond motifs is 6. The third kappa shape index (κ3) is 7.41. The molecule has 0 bridgehead atoms. The van der Waals surface area contributed by atoms with Crippen molar-refractivity contribution in [3.63, 3.8) is 0 Å². The van der Waals surface area contributed by atoms with Crippen LogP contribution in [0.1, 0.15) is 105 Å². The molecule has 0 aliphatic carbocycles. The minimum Gasteiger partial charge on any atom is -0.452 e. The van der Waals surface area contributed by atoms with Gasteiger partial charge in [0.1, 0.15) is 16.8 Å². The van der Waals surface area contributed by atoms with Crippen LogP contribution < -0.4 is 0 Å². The van der Waals surface area contributed by atoms with Crippen LogP contribution in [0.4, 0.5) is 0 Å². The van der Waals surface area contributed by atoms with Crippen LogP contribution in [0.15, 0.2) is 156 Å². The van der Waals surface area contributed by atoms with Crippen LogP contribution in [-0.4, -0.2) is 14.5 Å². The van der Waals surface area contributed by atoms with Gasteiger partial charge in [0.15, 0.2) is 11.4 Å². The van der Waals surface area contributed by atoms with Crippen molar-refractivity contribution >= 4 is 43.9 Å². The molecule has 66 heavy (non-hydrogen) atoms. The maximum atomic E-state index is 6.79. The summed E-state index contributed by atoms with van der Waals surface area (Å²) in [5, 5.41) is 3.54. The lowest BCUT2D eigenvalue weighted by molar-refractivity contribution is 0.571. The number of nitrogens with zero attached hydrogens (tertiary/aromatic N) is 3. The minimum absolute atomic E-state index is 0.0682. The molecule has 4 heteroatoms. The SMILES string of the molecule is CC(C)(C)c1cc(C(C)(C)C)c2c(c1)c1cc(C(C)(C)C)cc(C(C)(C)C)c1n2-c1c(-c2ccccc2)cc(-c2nc(-c3ccccc3)nc3c2oc2ccccc23)cc1-c1ccccc1. The molecule has 0 saturated heterocycles. The first-order chi connectivity index (χ1) is 31.3. The third-order valence-corrected chi connectivity index (χ3v) is 13.3. The second-order valence-corrected chi connectivity index (χ2v) is 22.4. The van der Waals surface area contributed by atoms with E-state index < -0.39 is 0 Å². The van der Waals surface area contributed by atoms with Gasteiger partial charge in [0.2, 0.25) is 0 Å². The van der Waals surface area contributed by atoms with Gasteiger partial charge in [-0.25, -0.2) is 9.97 Å². The van der Waals surface area contributed by atoms with Crippen LogP contribution in [0.25, 0.3) is 94.5 Å². The highest BCUT2D eigenvalue weighted by Gasteiger charge is 2.33. The lowest BCUT2D eigenvalue weighted by Crippen LogP contribution is -2.19. The average molecular weight is 864 g/mol. The summed E-state index contributed by atoms with van der Waals surface area (Å²) in [7, 11) is 0. The predicted octanol–water partition coefficient (Wildman–Crippen LogP) is 17.3. The first kappa shape index (κ1) is 43.1. The topological polar surface area (TPSA) is 43.9 Å². The number of rotatable bonds is 5. The molecule has 10 aromatic rings. The Morgan fingerprint density at radius 2 is 0.848 bits per heavy atom. The van der Waals surface area contributed by atoms with Gasteiger partial charge in [-0.1, -0.05) is 198 Å². The van der Waals surface area contributed by atoms with Crippen LogP contribution in [0.3, 0.4) is 0 Å². The largest absolute Gasteiger partial charge is 0.452 e. The van der Waals surface area contributed by atoms with Crippen molar-refractivity contribution in [2.24, 2.45) is 0 Å². The van der Waals surface area contributed by atoms with E-state index in [0.717, 1.165) is 61.2 Å². The molecule has 0 fully saturated rings. The molecule has 0 atom stereocenters. The van der Waals surface area contributed by atoms with Crippen LogP contribution in [-0.2, 0) is 21.7 Å². The number of furan rings is 1. The molecule has 0 spiro atoms. The van der Waals surface area contributed by atoms with Gasteiger partial charge in [-0.15, -0.1) is 0 Å². The first-order valence-corrected chi connectivity index (χ1v) is 23.5. The Balaban J connectivity index is 1.46. The van der Waals surface area contributed by atoms with Crippen molar-refractivity contribution in [1.29, 1.82) is 0 Å². The second kappa shape index (κ2) is 15.4. The highest BCUT2D eigenvalue weighted by Crippen LogP contribution is 2.50. The maximum Gasteiger partial charge on any atom is 0.180 e. The van der Waals surface area contributed by atoms with E-state index in [2.05, 4.69) is 209 Å². The van der Waals surface area contributed by atoms with Crippen molar-refractivity contribution < 1.29 is 4.42 Å². The van der Waals surface area contributed by atoms with E-state index in [-0.39, 0.29) is 21.7 Å². The molecule has 10 rings (SSSR count). The molecule has 0 aliphatic rings. The zero-order chi connectivity index (χ0) is 46.5. The van der Waals surface area contributed by atoms with Crippen LogP contribution in [0, 0.1) is 0 Å². The number of hydrogen-bond donors (Lipinski definition) is 0. The minimum atomic E-state index is -0.193. The van der Waals surface area contributed by atoms with Gasteiger partial charge >= 0.3 is 0 Å². The Kier molecular flexibility index (Phi) is 10.1. The molecule has 0 radical (unpaired) electrons. The monoisotopic (exact) mass is 863 g/mol. The van der Waals surface area contributed by atoms with Crippen molar-refractivity contribution in [1.82, 2.24) is 14.5 Å². The summed E-state index contributed by atoms with van der Waals surface area (Å²) in [5.41, 5.74) is 17.8. The smallest absolute Gasteiger partial charge is 0.180 e. The fourth-order valence-corrected chi connectivity index (χ4v) is 9.70. The molecule has 0 unspecified atom stereocenters. The second-order valence-electron chi connectivity index (χ2n) is 22.4. The average Bonchev–Trinajstić information content (AvgIpc) is 3.83. The fraction of sp³-hybridized carbons (Fsp3) is 0.258. The highest BCUT2D eigenvalue weighted by atomic mass is 16.3. The fourth-order valence-electron chi connectivity index (χ4n) is 9.70. The Labute approximate surface area is 390 Å². The zero-order valence-electron chi connectivity index (χ0n) is 40.7.